The molecule has 18 heavy (non-hydrogen) atoms. The van der Waals surface area contributed by atoms with E-state index in [1.54, 1.807) is 0 Å². The van der Waals surface area contributed by atoms with E-state index >= 15 is 0 Å². The van der Waals surface area contributed by atoms with E-state index in [0.29, 0.717) is 6.04 Å². The highest BCUT2D eigenvalue weighted by Crippen LogP contribution is 2.39. The minimum absolute atomic E-state index is 0.113. The number of hydrogen-bond acceptors (Lipinski definition) is 2. The van der Waals surface area contributed by atoms with Crippen LogP contribution in [0.5, 0.6) is 0 Å². The van der Waals surface area contributed by atoms with Gasteiger partial charge >= 0.3 is 6.09 Å². The molecule has 2 N–H and O–H groups in total. The van der Waals surface area contributed by atoms with Gasteiger partial charge in [0.2, 0.25) is 0 Å². The van der Waals surface area contributed by atoms with E-state index in [0.717, 1.165) is 51.6 Å². The molecule has 0 aromatic rings. The maximum absolute atomic E-state index is 10.6. The highest BCUT2D eigenvalue weighted by Gasteiger charge is 2.34. The van der Waals surface area contributed by atoms with E-state index in [9.17, 15) is 4.79 Å². The molecule has 0 bridgehead atoms. The summed E-state index contributed by atoms with van der Waals surface area (Å²) in [5.41, 5.74) is 0. The quantitative estimate of drug-likeness (QED) is 0.770. The van der Waals surface area contributed by atoms with Gasteiger partial charge < -0.3 is 15.3 Å². The molecule has 2 fully saturated rings. The van der Waals surface area contributed by atoms with Gasteiger partial charge in [0.25, 0.3) is 0 Å². The van der Waals surface area contributed by atoms with E-state index in [1.807, 2.05) is 0 Å². The van der Waals surface area contributed by atoms with E-state index in [1.165, 1.54) is 0 Å². The predicted octanol–water partition coefficient (Wildman–Crippen LogP) is 2.83. The Bertz CT molecular complexity index is 294. The molecule has 0 atom stereocenters. The molecule has 4 nitrogen and oxygen atoms in total. The molecule has 104 valence electrons. The number of carbonyl (C=O) groups is 1. The van der Waals surface area contributed by atoms with Crippen LogP contribution in [0.25, 0.3) is 0 Å². The lowest BCUT2D eigenvalue weighted by Gasteiger charge is -2.41. The Labute approximate surface area is 118 Å². The first-order valence-corrected chi connectivity index (χ1v) is 7.33. The number of rotatable bonds is 2. The molecule has 2 rings (SSSR count). The molecule has 0 aromatic carbocycles. The van der Waals surface area contributed by atoms with Gasteiger partial charge in [-0.1, -0.05) is 0 Å². The summed E-state index contributed by atoms with van der Waals surface area (Å²) in [6, 6.07) is 0.684. The number of nitrogens with zero attached hydrogens (tertiary/aromatic N) is 1. The number of likely N-dealkylation sites (tertiary alicyclic amines) is 1. The van der Waals surface area contributed by atoms with Gasteiger partial charge in [-0.15, -0.1) is 23.2 Å². The topological polar surface area (TPSA) is 52.6 Å². The third-order valence-corrected chi connectivity index (χ3v) is 4.82. The SMILES string of the molecule is O=C(O)NC1CCN(C2CCC(Cl)(Cl)CC2)CC1. The molecule has 0 unspecified atom stereocenters. The number of hydrogen-bond donors (Lipinski definition) is 2. The smallest absolute Gasteiger partial charge is 0.404 e. The second kappa shape index (κ2) is 5.85. The standard InChI is InChI=1S/C12H20Cl2N2O2/c13-12(14)5-1-10(2-6-12)16-7-3-9(4-8-16)15-11(17)18/h9-10,15H,1-8H2,(H,17,18). The summed E-state index contributed by atoms with van der Waals surface area (Å²) < 4.78 is -0.528. The first kappa shape index (κ1) is 14.2. The van der Waals surface area contributed by atoms with Crippen LogP contribution >= 0.6 is 23.2 Å². The Hall–Kier alpha value is -0.190. The van der Waals surface area contributed by atoms with Crippen LogP contribution in [0.15, 0.2) is 0 Å². The summed E-state index contributed by atoms with van der Waals surface area (Å²) in [6.07, 6.45) is 4.68. The lowest BCUT2D eigenvalue weighted by Crippen LogP contribution is -2.49. The number of halogens is 2. The van der Waals surface area contributed by atoms with Crippen molar-refractivity contribution >= 4 is 29.3 Å². The largest absolute Gasteiger partial charge is 0.465 e. The zero-order chi connectivity index (χ0) is 13.2. The molecule has 1 heterocycles. The van der Waals surface area contributed by atoms with Crippen LogP contribution in [-0.4, -0.2) is 45.6 Å². The second-order valence-electron chi connectivity index (χ2n) is 5.35. The summed E-state index contributed by atoms with van der Waals surface area (Å²) in [5, 5.41) is 11.2. The monoisotopic (exact) mass is 294 g/mol. The zero-order valence-corrected chi connectivity index (χ0v) is 11.9. The number of alkyl halides is 2. The summed E-state index contributed by atoms with van der Waals surface area (Å²) >= 11 is 12.3. The Balaban J connectivity index is 1.75. The van der Waals surface area contributed by atoms with Crippen molar-refractivity contribution in [2.75, 3.05) is 13.1 Å². The first-order chi connectivity index (χ1) is 8.46. The Morgan fingerprint density at radius 3 is 2.22 bits per heavy atom. The number of piperidine rings is 1. The van der Waals surface area contributed by atoms with Crippen LogP contribution in [0.3, 0.4) is 0 Å². The van der Waals surface area contributed by atoms with Gasteiger partial charge in [-0.3, -0.25) is 0 Å². The van der Waals surface area contributed by atoms with E-state index in [4.69, 9.17) is 28.3 Å². The molecule has 1 saturated carbocycles. The van der Waals surface area contributed by atoms with Gasteiger partial charge in [-0.25, -0.2) is 4.79 Å². The van der Waals surface area contributed by atoms with Crippen molar-refractivity contribution < 1.29 is 9.90 Å². The van der Waals surface area contributed by atoms with Crippen LogP contribution < -0.4 is 5.32 Å². The summed E-state index contributed by atoms with van der Waals surface area (Å²) in [5.74, 6) is 0. The number of carboxylic acid groups (broad SMARTS) is 1. The molecule has 0 radical (unpaired) electrons. The molecule has 1 saturated heterocycles. The van der Waals surface area contributed by atoms with E-state index < -0.39 is 10.4 Å². The Kier molecular flexibility index (Phi) is 4.62. The lowest BCUT2D eigenvalue weighted by molar-refractivity contribution is 0.111. The fourth-order valence-electron chi connectivity index (χ4n) is 2.97. The van der Waals surface area contributed by atoms with Crippen molar-refractivity contribution in [2.45, 2.75) is 54.9 Å². The maximum Gasteiger partial charge on any atom is 0.404 e. The van der Waals surface area contributed by atoms with Crippen LogP contribution in [0.1, 0.15) is 38.5 Å². The molecule has 6 heteroatoms. The molecule has 2 aliphatic rings. The van der Waals surface area contributed by atoms with Crippen molar-refractivity contribution in [1.29, 1.82) is 0 Å². The highest BCUT2D eigenvalue weighted by atomic mass is 35.5. The van der Waals surface area contributed by atoms with Gasteiger partial charge in [0, 0.05) is 25.2 Å². The fourth-order valence-corrected chi connectivity index (χ4v) is 3.41. The van der Waals surface area contributed by atoms with Crippen molar-refractivity contribution in [1.82, 2.24) is 10.2 Å². The molecule has 1 amide bonds. The van der Waals surface area contributed by atoms with Crippen molar-refractivity contribution in [3.05, 3.63) is 0 Å². The average molecular weight is 295 g/mol. The summed E-state index contributed by atoms with van der Waals surface area (Å²) in [4.78, 5) is 13.0. The Morgan fingerprint density at radius 1 is 1.17 bits per heavy atom. The van der Waals surface area contributed by atoms with Gasteiger partial charge in [-0.05, 0) is 38.5 Å². The minimum atomic E-state index is -0.916. The van der Waals surface area contributed by atoms with Crippen LogP contribution in [-0.2, 0) is 0 Å². The zero-order valence-electron chi connectivity index (χ0n) is 10.4. The molecule has 1 aliphatic carbocycles. The van der Waals surface area contributed by atoms with Crippen LogP contribution in [0, 0.1) is 0 Å². The number of nitrogens with one attached hydrogen (secondary N) is 1. The normalized spacial score (nSPS) is 27.0. The van der Waals surface area contributed by atoms with E-state index in [-0.39, 0.29) is 6.04 Å². The molecular weight excluding hydrogens is 275 g/mol. The van der Waals surface area contributed by atoms with Crippen molar-refractivity contribution in [2.24, 2.45) is 0 Å². The van der Waals surface area contributed by atoms with E-state index in [2.05, 4.69) is 10.2 Å². The molecular formula is C12H20Cl2N2O2. The third kappa shape index (κ3) is 3.90. The van der Waals surface area contributed by atoms with Crippen LogP contribution in [0.4, 0.5) is 4.79 Å². The summed E-state index contributed by atoms with van der Waals surface area (Å²) in [7, 11) is 0. The van der Waals surface area contributed by atoms with Gasteiger partial charge in [0.05, 0.1) is 0 Å². The Morgan fingerprint density at radius 2 is 1.72 bits per heavy atom. The lowest BCUT2D eigenvalue weighted by atomic mass is 9.91. The second-order valence-corrected chi connectivity index (χ2v) is 6.99. The van der Waals surface area contributed by atoms with Gasteiger partial charge in [0.15, 0.2) is 0 Å². The highest BCUT2D eigenvalue weighted by molar-refractivity contribution is 6.48. The first-order valence-electron chi connectivity index (χ1n) is 6.58. The molecule has 1 aliphatic heterocycles. The minimum Gasteiger partial charge on any atom is -0.465 e. The maximum atomic E-state index is 10.6. The number of amides is 1. The summed E-state index contributed by atoms with van der Waals surface area (Å²) in [6.45, 7) is 1.93. The average Bonchev–Trinajstić information content (AvgIpc) is 2.30. The van der Waals surface area contributed by atoms with Crippen LogP contribution in [0.2, 0.25) is 0 Å². The third-order valence-electron chi connectivity index (χ3n) is 4.06. The van der Waals surface area contributed by atoms with Gasteiger partial charge in [-0.2, -0.15) is 0 Å². The van der Waals surface area contributed by atoms with Gasteiger partial charge in [0.1, 0.15) is 4.33 Å². The molecule has 0 aromatic heterocycles. The molecule has 0 spiro atoms. The van der Waals surface area contributed by atoms with Crippen molar-refractivity contribution in [3.63, 3.8) is 0 Å². The van der Waals surface area contributed by atoms with Crippen molar-refractivity contribution in [3.8, 4) is 0 Å². The predicted molar refractivity (Wildman–Crippen MR) is 72.4 cm³/mol. The fraction of sp³-hybridized carbons (Fsp3) is 0.917.